The Kier molecular flexibility index (Phi) is 7.04. The van der Waals surface area contributed by atoms with Gasteiger partial charge >= 0.3 is 0 Å². The number of thioether (sulfide) groups is 1. The number of benzene rings is 2. The van der Waals surface area contributed by atoms with Crippen LogP contribution in [0.25, 0.3) is 5.69 Å². The first kappa shape index (κ1) is 18.4. The number of rotatable bonds is 10. The molecule has 26 heavy (non-hydrogen) atoms. The first-order valence-corrected chi connectivity index (χ1v) is 9.75. The maximum Gasteiger partial charge on any atom is 0.214 e. The van der Waals surface area contributed by atoms with Gasteiger partial charge in [0.05, 0.1) is 12.3 Å². The molecule has 0 bridgehead atoms. The molecule has 6 nitrogen and oxygen atoms in total. The van der Waals surface area contributed by atoms with Crippen LogP contribution in [0.5, 0.6) is 5.75 Å². The predicted molar refractivity (Wildman–Crippen MR) is 104 cm³/mol. The molecule has 0 fully saturated rings. The summed E-state index contributed by atoms with van der Waals surface area (Å²) in [5.41, 5.74) is 2.17. The van der Waals surface area contributed by atoms with Crippen molar-refractivity contribution in [2.24, 2.45) is 0 Å². The van der Waals surface area contributed by atoms with E-state index in [2.05, 4.69) is 26.9 Å². The number of hydrogen-bond donors (Lipinski definition) is 1. The van der Waals surface area contributed by atoms with E-state index in [1.165, 1.54) is 5.56 Å². The van der Waals surface area contributed by atoms with Crippen LogP contribution in [0.15, 0.2) is 59.8 Å². The van der Waals surface area contributed by atoms with E-state index in [1.54, 1.807) is 16.4 Å². The van der Waals surface area contributed by atoms with Gasteiger partial charge in [0.2, 0.25) is 5.16 Å². The number of ether oxygens (including phenoxy) is 1. The van der Waals surface area contributed by atoms with Gasteiger partial charge < -0.3 is 10.1 Å². The largest absolute Gasteiger partial charge is 0.494 e. The van der Waals surface area contributed by atoms with Crippen LogP contribution in [0.3, 0.4) is 0 Å². The molecule has 7 heteroatoms. The van der Waals surface area contributed by atoms with Gasteiger partial charge in [0.1, 0.15) is 5.75 Å². The van der Waals surface area contributed by atoms with Crippen molar-refractivity contribution in [2.75, 3.05) is 18.9 Å². The summed E-state index contributed by atoms with van der Waals surface area (Å²) in [5, 5.41) is 16.3. The van der Waals surface area contributed by atoms with E-state index >= 15 is 0 Å². The van der Waals surface area contributed by atoms with Crippen molar-refractivity contribution in [3.05, 3.63) is 60.2 Å². The number of hydrogen-bond acceptors (Lipinski definition) is 6. The van der Waals surface area contributed by atoms with Gasteiger partial charge in [0, 0.05) is 17.9 Å². The molecule has 0 saturated heterocycles. The molecule has 136 valence electrons. The van der Waals surface area contributed by atoms with Crippen LogP contribution in [0, 0.1) is 0 Å². The molecule has 2 aromatic carbocycles. The topological polar surface area (TPSA) is 64.9 Å². The summed E-state index contributed by atoms with van der Waals surface area (Å²) in [7, 11) is 0. The van der Waals surface area contributed by atoms with Crippen molar-refractivity contribution in [3.8, 4) is 11.4 Å². The molecule has 0 amide bonds. The van der Waals surface area contributed by atoms with Crippen LogP contribution >= 0.6 is 11.8 Å². The molecule has 3 aromatic rings. The standard InChI is InChI=1S/C19H23N5OS/c1-2-25-18-12-7-6-9-16(18)15-20-13-8-14-26-19-21-22-23-24(19)17-10-4-3-5-11-17/h3-7,9-12,20H,2,8,13-15H2,1H3. The van der Waals surface area contributed by atoms with Crippen molar-refractivity contribution in [2.45, 2.75) is 25.0 Å². The molecule has 1 N–H and O–H groups in total. The van der Waals surface area contributed by atoms with Gasteiger partial charge in [-0.3, -0.25) is 0 Å². The number of tetrazole rings is 1. The number of para-hydroxylation sites is 2. The summed E-state index contributed by atoms with van der Waals surface area (Å²) in [5.74, 6) is 1.91. The van der Waals surface area contributed by atoms with E-state index in [0.29, 0.717) is 6.61 Å². The normalized spacial score (nSPS) is 10.8. The van der Waals surface area contributed by atoms with E-state index in [4.69, 9.17) is 4.74 Å². The lowest BCUT2D eigenvalue weighted by atomic mass is 10.2. The first-order valence-electron chi connectivity index (χ1n) is 8.76. The average Bonchev–Trinajstić information content (AvgIpc) is 3.15. The molecule has 0 aliphatic heterocycles. The molecule has 3 rings (SSSR count). The van der Waals surface area contributed by atoms with E-state index < -0.39 is 0 Å². The minimum atomic E-state index is 0.684. The van der Waals surface area contributed by atoms with Gasteiger partial charge in [0.15, 0.2) is 0 Å². The number of nitrogens with zero attached hydrogens (tertiary/aromatic N) is 4. The highest BCUT2D eigenvalue weighted by atomic mass is 32.2. The monoisotopic (exact) mass is 369 g/mol. The molecule has 0 radical (unpaired) electrons. The Morgan fingerprint density at radius 1 is 1.08 bits per heavy atom. The van der Waals surface area contributed by atoms with E-state index in [0.717, 1.165) is 41.9 Å². The maximum absolute atomic E-state index is 5.65. The summed E-state index contributed by atoms with van der Waals surface area (Å²) in [6, 6.07) is 18.1. The smallest absolute Gasteiger partial charge is 0.214 e. The van der Waals surface area contributed by atoms with Gasteiger partial charge in [0.25, 0.3) is 0 Å². The Bertz CT molecular complexity index is 793. The SMILES string of the molecule is CCOc1ccccc1CNCCCSc1nnnn1-c1ccccc1. The molecular weight excluding hydrogens is 346 g/mol. The fourth-order valence-electron chi connectivity index (χ4n) is 2.53. The fourth-order valence-corrected chi connectivity index (χ4v) is 3.36. The zero-order valence-corrected chi connectivity index (χ0v) is 15.7. The lowest BCUT2D eigenvalue weighted by molar-refractivity contribution is 0.335. The summed E-state index contributed by atoms with van der Waals surface area (Å²) in [4.78, 5) is 0. The number of aromatic nitrogens is 4. The van der Waals surface area contributed by atoms with Crippen LogP contribution in [0.2, 0.25) is 0 Å². The molecule has 0 aliphatic rings. The zero-order valence-electron chi connectivity index (χ0n) is 14.8. The fraction of sp³-hybridized carbons (Fsp3) is 0.316. The lowest BCUT2D eigenvalue weighted by Gasteiger charge is -2.10. The molecule has 0 aliphatic carbocycles. The highest BCUT2D eigenvalue weighted by molar-refractivity contribution is 7.99. The molecule has 0 atom stereocenters. The summed E-state index contributed by atoms with van der Waals surface area (Å²) >= 11 is 1.67. The van der Waals surface area contributed by atoms with Crippen LogP contribution in [-0.2, 0) is 6.54 Å². The average molecular weight is 369 g/mol. The third-order valence-electron chi connectivity index (χ3n) is 3.76. The highest BCUT2D eigenvalue weighted by Gasteiger charge is 2.08. The van der Waals surface area contributed by atoms with Crippen molar-refractivity contribution >= 4 is 11.8 Å². The second kappa shape index (κ2) is 9.94. The van der Waals surface area contributed by atoms with Gasteiger partial charge in [-0.15, -0.1) is 5.10 Å². The third-order valence-corrected chi connectivity index (χ3v) is 4.76. The second-order valence-electron chi connectivity index (χ2n) is 5.63. The van der Waals surface area contributed by atoms with E-state index in [-0.39, 0.29) is 0 Å². The van der Waals surface area contributed by atoms with Gasteiger partial charge in [-0.1, -0.05) is 48.2 Å². The number of nitrogens with one attached hydrogen (secondary N) is 1. The summed E-state index contributed by atoms with van der Waals surface area (Å²) in [6.07, 6.45) is 1.03. The zero-order chi connectivity index (χ0) is 18.0. The van der Waals surface area contributed by atoms with Crippen molar-refractivity contribution in [1.82, 2.24) is 25.5 Å². The minimum Gasteiger partial charge on any atom is -0.494 e. The van der Waals surface area contributed by atoms with E-state index in [1.807, 2.05) is 55.5 Å². The Morgan fingerprint density at radius 3 is 2.73 bits per heavy atom. The van der Waals surface area contributed by atoms with Crippen LogP contribution < -0.4 is 10.1 Å². The molecule has 0 unspecified atom stereocenters. The van der Waals surface area contributed by atoms with Gasteiger partial charge in [-0.2, -0.15) is 4.68 Å². The van der Waals surface area contributed by atoms with Crippen LogP contribution in [-0.4, -0.2) is 39.1 Å². The minimum absolute atomic E-state index is 0.684. The van der Waals surface area contributed by atoms with Gasteiger partial charge in [-0.25, -0.2) is 0 Å². The molecule has 0 spiro atoms. The summed E-state index contributed by atoms with van der Waals surface area (Å²) in [6.45, 7) is 4.43. The Hall–Kier alpha value is -2.38. The van der Waals surface area contributed by atoms with Crippen molar-refractivity contribution < 1.29 is 4.74 Å². The van der Waals surface area contributed by atoms with Crippen LogP contribution in [0.1, 0.15) is 18.9 Å². The lowest BCUT2D eigenvalue weighted by Crippen LogP contribution is -2.16. The Balaban J connectivity index is 1.41. The highest BCUT2D eigenvalue weighted by Crippen LogP contribution is 2.19. The van der Waals surface area contributed by atoms with Crippen molar-refractivity contribution in [1.29, 1.82) is 0 Å². The van der Waals surface area contributed by atoms with Crippen LogP contribution in [0.4, 0.5) is 0 Å². The Morgan fingerprint density at radius 2 is 1.88 bits per heavy atom. The molecular formula is C19H23N5OS. The van der Waals surface area contributed by atoms with Gasteiger partial charge in [-0.05, 0) is 48.5 Å². The maximum atomic E-state index is 5.65. The molecule has 1 aromatic heterocycles. The second-order valence-corrected chi connectivity index (χ2v) is 6.69. The quantitative estimate of drug-likeness (QED) is 0.437. The third kappa shape index (κ3) is 5.06. The molecule has 1 heterocycles. The van der Waals surface area contributed by atoms with E-state index in [9.17, 15) is 0 Å². The predicted octanol–water partition coefficient (Wildman–Crippen LogP) is 3.33. The van der Waals surface area contributed by atoms with Crippen molar-refractivity contribution in [3.63, 3.8) is 0 Å². The molecule has 0 saturated carbocycles. The Labute approximate surface area is 158 Å². The summed E-state index contributed by atoms with van der Waals surface area (Å²) < 4.78 is 7.42. The first-order chi connectivity index (χ1) is 12.9.